The van der Waals surface area contributed by atoms with E-state index in [4.69, 9.17) is 5.21 Å². The van der Waals surface area contributed by atoms with Gasteiger partial charge in [0.15, 0.2) is 0 Å². The number of hydrogen-bond acceptors (Lipinski definition) is 4. The van der Waals surface area contributed by atoms with Crippen LogP contribution in [-0.4, -0.2) is 11.4 Å². The topological polar surface area (TPSA) is 44.6 Å². The van der Waals surface area contributed by atoms with Crippen LogP contribution in [0.25, 0.3) is 0 Å². The summed E-state index contributed by atoms with van der Waals surface area (Å²) in [5.41, 5.74) is 3.11. The molecule has 17 heavy (non-hydrogen) atoms. The zero-order valence-corrected chi connectivity index (χ0v) is 9.74. The molecule has 0 fully saturated rings. The van der Waals surface area contributed by atoms with Crippen LogP contribution >= 0.6 is 11.8 Å². The maximum Gasteiger partial charge on any atom is 0.0734 e. The van der Waals surface area contributed by atoms with Crippen LogP contribution in [0.15, 0.2) is 57.4 Å². The van der Waals surface area contributed by atoms with Crippen LogP contribution in [0.1, 0.15) is 5.56 Å². The van der Waals surface area contributed by atoms with Crippen LogP contribution in [0, 0.1) is 0 Å². The van der Waals surface area contributed by atoms with Gasteiger partial charge in [0, 0.05) is 9.79 Å². The summed E-state index contributed by atoms with van der Waals surface area (Å²) < 4.78 is 0. The molecule has 0 bridgehead atoms. The zero-order chi connectivity index (χ0) is 11.7. The lowest BCUT2D eigenvalue weighted by Crippen LogP contribution is -1.99. The van der Waals surface area contributed by atoms with E-state index >= 15 is 0 Å². The van der Waals surface area contributed by atoms with Gasteiger partial charge in [-0.3, -0.25) is 0 Å². The molecule has 2 aromatic carbocycles. The lowest BCUT2D eigenvalue weighted by atomic mass is 10.2. The van der Waals surface area contributed by atoms with E-state index in [1.54, 1.807) is 11.8 Å². The SMILES string of the molecule is O/N=C/c1ccc2c(c1)Sc1ccccc1N2. The summed E-state index contributed by atoms with van der Waals surface area (Å²) in [5, 5.41) is 15.0. The van der Waals surface area contributed by atoms with E-state index in [-0.39, 0.29) is 0 Å². The third-order valence-electron chi connectivity index (χ3n) is 2.59. The third-order valence-corrected chi connectivity index (χ3v) is 3.72. The second kappa shape index (κ2) is 4.14. The van der Waals surface area contributed by atoms with Crippen LogP contribution in [0.4, 0.5) is 11.4 Å². The first kappa shape index (κ1) is 10.2. The molecule has 0 atom stereocenters. The molecule has 0 aliphatic carbocycles. The highest BCUT2D eigenvalue weighted by Crippen LogP contribution is 2.43. The molecule has 0 spiro atoms. The average Bonchev–Trinajstić information content (AvgIpc) is 2.36. The van der Waals surface area contributed by atoms with Gasteiger partial charge in [0.2, 0.25) is 0 Å². The van der Waals surface area contributed by atoms with Crippen molar-refractivity contribution >= 4 is 29.4 Å². The number of nitrogens with zero attached hydrogens (tertiary/aromatic N) is 1. The molecule has 2 aromatic rings. The Labute approximate surface area is 103 Å². The van der Waals surface area contributed by atoms with Gasteiger partial charge in [-0.2, -0.15) is 0 Å². The van der Waals surface area contributed by atoms with E-state index in [1.165, 1.54) is 11.1 Å². The van der Waals surface area contributed by atoms with Crippen LogP contribution < -0.4 is 5.32 Å². The number of hydrogen-bond donors (Lipinski definition) is 2. The molecule has 0 saturated carbocycles. The maximum atomic E-state index is 8.53. The number of oxime groups is 1. The van der Waals surface area contributed by atoms with Gasteiger partial charge in [-0.15, -0.1) is 0 Å². The predicted molar refractivity (Wildman–Crippen MR) is 69.7 cm³/mol. The first-order valence-electron chi connectivity index (χ1n) is 5.22. The number of benzene rings is 2. The molecule has 0 aromatic heterocycles. The molecule has 1 aliphatic heterocycles. The van der Waals surface area contributed by atoms with Crippen molar-refractivity contribution in [3.8, 4) is 0 Å². The Hall–Kier alpha value is -1.94. The fourth-order valence-corrected chi connectivity index (χ4v) is 2.83. The van der Waals surface area contributed by atoms with Gasteiger partial charge in [-0.1, -0.05) is 35.1 Å². The van der Waals surface area contributed by atoms with E-state index in [1.807, 2.05) is 30.3 Å². The van der Waals surface area contributed by atoms with Gasteiger partial charge in [-0.25, -0.2) is 0 Å². The lowest BCUT2D eigenvalue weighted by Gasteiger charge is -2.20. The second-order valence-corrected chi connectivity index (χ2v) is 4.81. The monoisotopic (exact) mass is 242 g/mol. The van der Waals surface area contributed by atoms with Gasteiger partial charge in [-0.05, 0) is 29.8 Å². The van der Waals surface area contributed by atoms with Gasteiger partial charge in [0.1, 0.15) is 0 Å². The Morgan fingerprint density at radius 3 is 2.76 bits per heavy atom. The van der Waals surface area contributed by atoms with Crippen LogP contribution in [0.3, 0.4) is 0 Å². The zero-order valence-electron chi connectivity index (χ0n) is 8.92. The quantitative estimate of drug-likeness (QED) is 0.388. The molecule has 0 radical (unpaired) electrons. The Bertz CT molecular complexity index is 596. The summed E-state index contributed by atoms with van der Waals surface area (Å²) in [4.78, 5) is 2.35. The molecule has 1 heterocycles. The average molecular weight is 242 g/mol. The van der Waals surface area contributed by atoms with E-state index in [0.29, 0.717) is 0 Å². The number of anilines is 2. The summed E-state index contributed by atoms with van der Waals surface area (Å²) in [6.07, 6.45) is 1.43. The van der Waals surface area contributed by atoms with Crippen molar-refractivity contribution in [3.05, 3.63) is 48.0 Å². The van der Waals surface area contributed by atoms with Gasteiger partial charge < -0.3 is 10.5 Å². The minimum absolute atomic E-state index is 0.889. The van der Waals surface area contributed by atoms with Gasteiger partial charge >= 0.3 is 0 Å². The van der Waals surface area contributed by atoms with Crippen molar-refractivity contribution in [2.24, 2.45) is 5.16 Å². The molecular weight excluding hydrogens is 232 g/mol. The highest BCUT2D eigenvalue weighted by Gasteiger charge is 2.14. The first-order chi connectivity index (χ1) is 8.36. The standard InChI is InChI=1S/C13H10N2OS/c16-14-8-9-5-6-11-13(7-9)17-12-4-2-1-3-10(12)15-11/h1-8,15-16H/b14-8+. The number of rotatable bonds is 1. The number of fused-ring (bicyclic) bond motifs is 2. The molecule has 3 nitrogen and oxygen atoms in total. The smallest absolute Gasteiger partial charge is 0.0734 e. The minimum atomic E-state index is 0.889. The van der Waals surface area contributed by atoms with Crippen LogP contribution in [0.5, 0.6) is 0 Å². The maximum absolute atomic E-state index is 8.53. The summed E-state index contributed by atoms with van der Waals surface area (Å²) in [6.45, 7) is 0. The van der Waals surface area contributed by atoms with E-state index in [9.17, 15) is 0 Å². The van der Waals surface area contributed by atoms with E-state index in [2.05, 4.69) is 22.6 Å². The lowest BCUT2D eigenvalue weighted by molar-refractivity contribution is 0.322. The minimum Gasteiger partial charge on any atom is -0.411 e. The second-order valence-electron chi connectivity index (χ2n) is 3.72. The van der Waals surface area contributed by atoms with Crippen molar-refractivity contribution < 1.29 is 5.21 Å². The Kier molecular flexibility index (Phi) is 2.49. The molecule has 1 aliphatic rings. The Balaban J connectivity index is 2.03. The predicted octanol–water partition coefficient (Wildman–Crippen LogP) is 3.70. The third kappa shape index (κ3) is 1.87. The summed E-state index contributed by atoms with van der Waals surface area (Å²) >= 11 is 1.72. The molecule has 0 amide bonds. The summed E-state index contributed by atoms with van der Waals surface area (Å²) in [6, 6.07) is 14.1. The fraction of sp³-hybridized carbons (Fsp3) is 0. The molecule has 4 heteroatoms. The molecule has 3 rings (SSSR count). The number of para-hydroxylation sites is 1. The molecule has 0 saturated heterocycles. The van der Waals surface area contributed by atoms with Gasteiger partial charge in [0.25, 0.3) is 0 Å². The molecule has 0 unspecified atom stereocenters. The Morgan fingerprint density at radius 2 is 1.88 bits per heavy atom. The normalized spacial score (nSPS) is 12.9. The van der Waals surface area contributed by atoms with Crippen LogP contribution in [0.2, 0.25) is 0 Å². The molecule has 84 valence electrons. The van der Waals surface area contributed by atoms with Crippen molar-refractivity contribution in [2.75, 3.05) is 5.32 Å². The molecule has 2 N–H and O–H groups in total. The van der Waals surface area contributed by atoms with Crippen molar-refractivity contribution in [1.82, 2.24) is 0 Å². The summed E-state index contributed by atoms with van der Waals surface area (Å²) in [5.74, 6) is 0. The van der Waals surface area contributed by atoms with Crippen LogP contribution in [-0.2, 0) is 0 Å². The summed E-state index contributed by atoms with van der Waals surface area (Å²) in [7, 11) is 0. The Morgan fingerprint density at radius 1 is 1.06 bits per heavy atom. The van der Waals surface area contributed by atoms with E-state index < -0.39 is 0 Å². The fourth-order valence-electron chi connectivity index (χ4n) is 1.80. The van der Waals surface area contributed by atoms with Crippen molar-refractivity contribution in [1.29, 1.82) is 0 Å². The van der Waals surface area contributed by atoms with Crippen molar-refractivity contribution in [3.63, 3.8) is 0 Å². The van der Waals surface area contributed by atoms with Gasteiger partial charge in [0.05, 0.1) is 17.6 Å². The van der Waals surface area contributed by atoms with Crippen molar-refractivity contribution in [2.45, 2.75) is 9.79 Å². The molecular formula is C13H10N2OS. The number of nitrogens with one attached hydrogen (secondary N) is 1. The largest absolute Gasteiger partial charge is 0.411 e. The highest BCUT2D eigenvalue weighted by molar-refractivity contribution is 7.99. The highest BCUT2D eigenvalue weighted by atomic mass is 32.2. The first-order valence-corrected chi connectivity index (χ1v) is 6.04. The van der Waals surface area contributed by atoms with E-state index in [0.717, 1.165) is 21.8 Å².